The lowest BCUT2D eigenvalue weighted by Crippen LogP contribution is -2.19. The van der Waals surface area contributed by atoms with Crippen LogP contribution in [0.1, 0.15) is 40.6 Å². The second kappa shape index (κ2) is 9.44. The summed E-state index contributed by atoms with van der Waals surface area (Å²) in [7, 11) is 4.03. The van der Waals surface area contributed by atoms with Crippen LogP contribution in [0.5, 0.6) is 0 Å². The number of amides is 1. The van der Waals surface area contributed by atoms with Crippen molar-refractivity contribution >= 4 is 40.0 Å². The number of thiophene rings is 1. The molecule has 0 radical (unpaired) electrons. The van der Waals surface area contributed by atoms with Crippen molar-refractivity contribution in [2.75, 3.05) is 44.1 Å². The van der Waals surface area contributed by atoms with Crippen molar-refractivity contribution in [3.63, 3.8) is 0 Å². The number of esters is 1. The fourth-order valence-electron chi connectivity index (χ4n) is 2.65. The molecule has 0 bridgehead atoms. The molecule has 0 aliphatic heterocycles. The van der Waals surface area contributed by atoms with E-state index in [2.05, 4.69) is 10.2 Å². The molecule has 24 heavy (non-hydrogen) atoms. The molecular formula is C17H26N2O3S2. The van der Waals surface area contributed by atoms with Crippen molar-refractivity contribution in [3.05, 3.63) is 16.0 Å². The van der Waals surface area contributed by atoms with E-state index >= 15 is 0 Å². The molecule has 0 unspecified atom stereocenters. The second-order valence-corrected chi connectivity index (χ2v) is 8.25. The Kier molecular flexibility index (Phi) is 7.58. The molecule has 1 amide bonds. The Morgan fingerprint density at radius 3 is 2.75 bits per heavy atom. The standard InChI is InChI=1S/C17H26N2O3S2/c1-4-22-17(21)15-12-7-5-6-8-13(12)24-16(15)18-14(20)11-23-10-9-19(2)3/h4-11H2,1-3H3,(H,18,20). The zero-order chi connectivity index (χ0) is 17.5. The summed E-state index contributed by atoms with van der Waals surface area (Å²) in [6.07, 6.45) is 4.11. The summed E-state index contributed by atoms with van der Waals surface area (Å²) in [5.41, 5.74) is 1.67. The molecule has 5 nitrogen and oxygen atoms in total. The summed E-state index contributed by atoms with van der Waals surface area (Å²) in [5.74, 6) is 0.945. The number of thioether (sulfide) groups is 1. The maximum absolute atomic E-state index is 12.3. The van der Waals surface area contributed by atoms with E-state index in [1.165, 1.54) is 16.2 Å². The van der Waals surface area contributed by atoms with Gasteiger partial charge in [-0.25, -0.2) is 4.79 Å². The normalized spacial score (nSPS) is 13.7. The Bertz CT molecular complexity index is 585. The van der Waals surface area contributed by atoms with Crippen LogP contribution >= 0.6 is 23.1 Å². The highest BCUT2D eigenvalue weighted by molar-refractivity contribution is 7.99. The minimum absolute atomic E-state index is 0.0529. The minimum Gasteiger partial charge on any atom is -0.462 e. The Morgan fingerprint density at radius 1 is 1.29 bits per heavy atom. The molecule has 0 fully saturated rings. The van der Waals surface area contributed by atoms with Crippen molar-refractivity contribution in [3.8, 4) is 0 Å². The largest absolute Gasteiger partial charge is 0.462 e. The summed E-state index contributed by atoms with van der Waals surface area (Å²) >= 11 is 3.14. The number of nitrogens with zero attached hydrogens (tertiary/aromatic N) is 1. The zero-order valence-electron chi connectivity index (χ0n) is 14.6. The first-order valence-corrected chi connectivity index (χ1v) is 10.3. The number of hydrogen-bond acceptors (Lipinski definition) is 6. The number of anilines is 1. The van der Waals surface area contributed by atoms with E-state index in [0.29, 0.717) is 22.9 Å². The third-order valence-corrected chi connectivity index (χ3v) is 5.96. The summed E-state index contributed by atoms with van der Waals surface area (Å²) in [5, 5.41) is 3.60. The van der Waals surface area contributed by atoms with E-state index in [0.717, 1.165) is 43.5 Å². The van der Waals surface area contributed by atoms with Crippen molar-refractivity contribution in [1.29, 1.82) is 0 Å². The van der Waals surface area contributed by atoms with Gasteiger partial charge >= 0.3 is 5.97 Å². The molecule has 134 valence electrons. The molecule has 0 spiro atoms. The predicted molar refractivity (Wildman–Crippen MR) is 101 cm³/mol. The average Bonchev–Trinajstić information content (AvgIpc) is 2.89. The number of nitrogens with one attached hydrogen (secondary N) is 1. The minimum atomic E-state index is -0.313. The Morgan fingerprint density at radius 2 is 2.04 bits per heavy atom. The fourth-order valence-corrected chi connectivity index (χ4v) is 4.84. The highest BCUT2D eigenvalue weighted by Gasteiger charge is 2.27. The molecule has 1 heterocycles. The highest BCUT2D eigenvalue weighted by Crippen LogP contribution is 2.38. The van der Waals surface area contributed by atoms with Crippen LogP contribution in [-0.4, -0.2) is 55.5 Å². The molecule has 1 aliphatic rings. The van der Waals surface area contributed by atoms with Crippen LogP contribution in [-0.2, 0) is 22.4 Å². The topological polar surface area (TPSA) is 58.6 Å². The van der Waals surface area contributed by atoms with Crippen molar-refractivity contribution in [1.82, 2.24) is 4.90 Å². The molecule has 1 aromatic rings. The maximum atomic E-state index is 12.3. The van der Waals surface area contributed by atoms with Gasteiger partial charge in [0.25, 0.3) is 0 Å². The van der Waals surface area contributed by atoms with E-state index in [-0.39, 0.29) is 11.9 Å². The second-order valence-electron chi connectivity index (χ2n) is 6.04. The molecule has 0 atom stereocenters. The first-order chi connectivity index (χ1) is 11.5. The van der Waals surface area contributed by atoms with Gasteiger partial charge in [-0.05, 0) is 52.3 Å². The zero-order valence-corrected chi connectivity index (χ0v) is 16.3. The lowest BCUT2D eigenvalue weighted by atomic mass is 9.95. The van der Waals surface area contributed by atoms with E-state index in [1.54, 1.807) is 18.7 Å². The van der Waals surface area contributed by atoms with Crippen molar-refractivity contribution in [2.45, 2.75) is 32.6 Å². The third kappa shape index (κ3) is 5.22. The lowest BCUT2D eigenvalue weighted by molar-refractivity contribution is -0.113. The van der Waals surface area contributed by atoms with E-state index in [4.69, 9.17) is 4.74 Å². The van der Waals surface area contributed by atoms with Gasteiger partial charge in [0, 0.05) is 17.2 Å². The van der Waals surface area contributed by atoms with Crippen LogP contribution in [0.2, 0.25) is 0 Å². The molecule has 7 heteroatoms. The molecule has 1 N–H and O–H groups in total. The van der Waals surface area contributed by atoms with Crippen LogP contribution in [0.25, 0.3) is 0 Å². The van der Waals surface area contributed by atoms with Gasteiger partial charge < -0.3 is 15.0 Å². The molecular weight excluding hydrogens is 344 g/mol. The summed E-state index contributed by atoms with van der Waals surface area (Å²) in [4.78, 5) is 27.9. The van der Waals surface area contributed by atoms with Crippen LogP contribution in [0, 0.1) is 0 Å². The van der Waals surface area contributed by atoms with Crippen molar-refractivity contribution in [2.24, 2.45) is 0 Å². The Hall–Kier alpha value is -1.05. The van der Waals surface area contributed by atoms with Gasteiger partial charge in [-0.3, -0.25) is 4.79 Å². The average molecular weight is 371 g/mol. The van der Waals surface area contributed by atoms with Gasteiger partial charge in [0.1, 0.15) is 5.00 Å². The SMILES string of the molecule is CCOC(=O)c1c(NC(=O)CSCCN(C)C)sc2c1CCCC2. The number of rotatable bonds is 8. The van der Waals surface area contributed by atoms with E-state index in [9.17, 15) is 9.59 Å². The van der Waals surface area contributed by atoms with Crippen LogP contribution in [0.15, 0.2) is 0 Å². The first-order valence-electron chi connectivity index (χ1n) is 8.37. The monoisotopic (exact) mass is 370 g/mol. The van der Waals surface area contributed by atoms with E-state index in [1.807, 2.05) is 14.1 Å². The van der Waals surface area contributed by atoms with Gasteiger partial charge in [-0.15, -0.1) is 11.3 Å². The molecule has 0 saturated carbocycles. The number of carbonyl (C=O) groups is 2. The van der Waals surface area contributed by atoms with Crippen LogP contribution < -0.4 is 5.32 Å². The summed E-state index contributed by atoms with van der Waals surface area (Å²) in [6, 6.07) is 0. The lowest BCUT2D eigenvalue weighted by Gasteiger charge is -2.12. The Balaban J connectivity index is 2.04. The van der Waals surface area contributed by atoms with Crippen molar-refractivity contribution < 1.29 is 14.3 Å². The number of hydrogen-bond donors (Lipinski definition) is 1. The van der Waals surface area contributed by atoms with Crippen LogP contribution in [0.4, 0.5) is 5.00 Å². The van der Waals surface area contributed by atoms with Gasteiger partial charge in [-0.1, -0.05) is 0 Å². The molecule has 1 aliphatic carbocycles. The van der Waals surface area contributed by atoms with E-state index < -0.39 is 0 Å². The molecule has 0 saturated heterocycles. The Labute approximate surface area is 152 Å². The van der Waals surface area contributed by atoms with Gasteiger partial charge in [0.05, 0.1) is 17.9 Å². The smallest absolute Gasteiger partial charge is 0.341 e. The quantitative estimate of drug-likeness (QED) is 0.563. The molecule has 0 aromatic carbocycles. The summed E-state index contributed by atoms with van der Waals surface area (Å²) < 4.78 is 5.21. The highest BCUT2D eigenvalue weighted by atomic mass is 32.2. The number of aryl methyl sites for hydroxylation is 1. The summed E-state index contributed by atoms with van der Waals surface area (Å²) in [6.45, 7) is 3.09. The third-order valence-electron chi connectivity index (χ3n) is 3.82. The molecule has 2 rings (SSSR count). The maximum Gasteiger partial charge on any atom is 0.341 e. The predicted octanol–water partition coefficient (Wildman–Crippen LogP) is 3.04. The fraction of sp³-hybridized carbons (Fsp3) is 0.647. The van der Waals surface area contributed by atoms with Gasteiger partial charge in [0.2, 0.25) is 5.91 Å². The first kappa shape index (κ1) is 19.3. The number of fused-ring (bicyclic) bond motifs is 1. The van der Waals surface area contributed by atoms with Gasteiger partial charge in [0.15, 0.2) is 0 Å². The number of carbonyl (C=O) groups excluding carboxylic acids is 2. The van der Waals surface area contributed by atoms with Crippen LogP contribution in [0.3, 0.4) is 0 Å². The molecule has 1 aromatic heterocycles. The van der Waals surface area contributed by atoms with Gasteiger partial charge in [-0.2, -0.15) is 11.8 Å². The number of ether oxygens (including phenoxy) is 1.